The van der Waals surface area contributed by atoms with E-state index in [9.17, 15) is 9.59 Å². The molecule has 1 heterocycles. The molecule has 1 aliphatic rings. The Bertz CT molecular complexity index is 544. The number of nitrogens with zero attached hydrogens (tertiary/aromatic N) is 1. The Morgan fingerprint density at radius 2 is 2.00 bits per heavy atom. The number of imide groups is 1. The van der Waals surface area contributed by atoms with E-state index in [0.29, 0.717) is 0 Å². The number of hydrogen-bond donors (Lipinski definition) is 3. The number of anilines is 1. The third-order valence-corrected chi connectivity index (χ3v) is 4.28. The number of quaternary nitrogens is 1. The van der Waals surface area contributed by atoms with E-state index >= 15 is 0 Å². The van der Waals surface area contributed by atoms with Gasteiger partial charge in [-0.2, -0.15) is 0 Å². The van der Waals surface area contributed by atoms with Crippen molar-refractivity contribution in [3.05, 3.63) is 29.3 Å². The minimum Gasteiger partial charge on any atom is -0.360 e. The van der Waals surface area contributed by atoms with Gasteiger partial charge < -0.3 is 15.1 Å². The molecule has 0 saturated carbocycles. The molecule has 2 rings (SSSR count). The van der Waals surface area contributed by atoms with Crippen molar-refractivity contribution in [1.82, 2.24) is 10.6 Å². The van der Waals surface area contributed by atoms with Crippen LogP contribution in [0, 0.1) is 0 Å². The third-order valence-electron chi connectivity index (χ3n) is 4.05. The first-order valence-electron chi connectivity index (χ1n) is 7.39. The highest BCUT2D eigenvalue weighted by atomic mass is 35.5. The van der Waals surface area contributed by atoms with Gasteiger partial charge in [0.25, 0.3) is 5.91 Å². The Morgan fingerprint density at radius 3 is 2.59 bits per heavy atom. The second kappa shape index (κ2) is 7.47. The summed E-state index contributed by atoms with van der Waals surface area (Å²) in [5.74, 6) is -0.245. The molecule has 1 aromatic carbocycles. The molecule has 22 heavy (non-hydrogen) atoms. The molecule has 120 valence electrons. The molecule has 0 spiro atoms. The molecule has 7 heteroatoms. The highest BCUT2D eigenvalue weighted by Crippen LogP contribution is 2.19. The molecule has 3 amide bonds. The normalized spacial score (nSPS) is 17.0. The molecule has 3 N–H and O–H groups in total. The van der Waals surface area contributed by atoms with Crippen molar-refractivity contribution in [3.8, 4) is 0 Å². The Kier molecular flexibility index (Phi) is 5.63. The Balaban J connectivity index is 1.89. The van der Waals surface area contributed by atoms with Crippen molar-refractivity contribution in [2.45, 2.75) is 13.0 Å². The van der Waals surface area contributed by atoms with Crippen LogP contribution in [0.2, 0.25) is 5.02 Å². The molecule has 0 aromatic heterocycles. The molecular formula is C15H22ClN4O2+. The predicted octanol–water partition coefficient (Wildman–Crippen LogP) is -0.111. The monoisotopic (exact) mass is 325 g/mol. The van der Waals surface area contributed by atoms with Gasteiger partial charge in [-0.1, -0.05) is 17.7 Å². The fourth-order valence-electron chi connectivity index (χ4n) is 2.63. The van der Waals surface area contributed by atoms with Crippen LogP contribution < -0.4 is 20.4 Å². The molecule has 1 saturated heterocycles. The molecule has 0 aliphatic carbocycles. The van der Waals surface area contributed by atoms with Gasteiger partial charge in [0, 0.05) is 17.8 Å². The lowest BCUT2D eigenvalue weighted by molar-refractivity contribution is -0.914. The van der Waals surface area contributed by atoms with E-state index in [1.54, 1.807) is 0 Å². The third kappa shape index (κ3) is 4.11. The summed E-state index contributed by atoms with van der Waals surface area (Å²) in [6, 6.07) is 7.08. The zero-order valence-electron chi connectivity index (χ0n) is 12.9. The average molecular weight is 326 g/mol. The summed E-state index contributed by atoms with van der Waals surface area (Å²) in [6.45, 7) is 5.24. The summed E-state index contributed by atoms with van der Waals surface area (Å²) in [5, 5.41) is 5.45. The van der Waals surface area contributed by atoms with Crippen LogP contribution in [0.1, 0.15) is 6.92 Å². The van der Waals surface area contributed by atoms with Crippen molar-refractivity contribution in [3.63, 3.8) is 0 Å². The molecule has 1 aromatic rings. The van der Waals surface area contributed by atoms with E-state index in [0.717, 1.165) is 36.9 Å². The van der Waals surface area contributed by atoms with Gasteiger partial charge in [-0.15, -0.1) is 0 Å². The van der Waals surface area contributed by atoms with Gasteiger partial charge in [-0.05, 0) is 25.1 Å². The number of halogens is 1. The van der Waals surface area contributed by atoms with Crippen LogP contribution in [0.25, 0.3) is 0 Å². The van der Waals surface area contributed by atoms with E-state index in [2.05, 4.69) is 15.5 Å². The minimum atomic E-state index is -0.464. The standard InChI is InChI=1S/C15H21ClN4O2/c1-11(14(21)18-15(22)17-2)19-6-8-20(9-7-19)13-5-3-4-12(16)10-13/h3-5,10-11H,6-9H2,1-2H3,(H2,17,18,21,22)/p+1/t11-/m0/s1. The first-order chi connectivity index (χ1) is 10.5. The van der Waals surface area contributed by atoms with E-state index in [1.807, 2.05) is 31.2 Å². The lowest BCUT2D eigenvalue weighted by Gasteiger charge is -2.35. The number of rotatable bonds is 3. The Labute approximate surface area is 135 Å². The first kappa shape index (κ1) is 16.6. The fraction of sp³-hybridized carbons (Fsp3) is 0.467. The van der Waals surface area contributed by atoms with Crippen LogP contribution in [0.5, 0.6) is 0 Å². The summed E-state index contributed by atoms with van der Waals surface area (Å²) < 4.78 is 0. The van der Waals surface area contributed by atoms with Crippen molar-refractivity contribution < 1.29 is 14.5 Å². The van der Waals surface area contributed by atoms with Crippen molar-refractivity contribution in [2.75, 3.05) is 38.1 Å². The van der Waals surface area contributed by atoms with Gasteiger partial charge in [0.05, 0.1) is 26.2 Å². The van der Waals surface area contributed by atoms with Gasteiger partial charge in [0.1, 0.15) is 0 Å². The summed E-state index contributed by atoms with van der Waals surface area (Å²) in [7, 11) is 1.49. The van der Waals surface area contributed by atoms with Crippen LogP contribution in [0.4, 0.5) is 10.5 Å². The van der Waals surface area contributed by atoms with Gasteiger partial charge in [-0.3, -0.25) is 10.1 Å². The number of carbonyl (C=O) groups is 2. The Hall–Kier alpha value is -1.79. The van der Waals surface area contributed by atoms with Gasteiger partial charge in [0.2, 0.25) is 0 Å². The quantitative estimate of drug-likeness (QED) is 0.726. The molecule has 0 unspecified atom stereocenters. The number of piperazine rings is 1. The molecule has 0 radical (unpaired) electrons. The lowest BCUT2D eigenvalue weighted by Crippen LogP contribution is -3.19. The highest BCUT2D eigenvalue weighted by molar-refractivity contribution is 6.30. The van der Waals surface area contributed by atoms with Crippen LogP contribution in [-0.4, -0.2) is 51.2 Å². The molecule has 1 atom stereocenters. The van der Waals surface area contributed by atoms with E-state index in [4.69, 9.17) is 11.6 Å². The van der Waals surface area contributed by atoms with Gasteiger partial charge in [0.15, 0.2) is 6.04 Å². The van der Waals surface area contributed by atoms with Crippen molar-refractivity contribution in [2.24, 2.45) is 0 Å². The van der Waals surface area contributed by atoms with Crippen LogP contribution in [0.3, 0.4) is 0 Å². The second-order valence-corrected chi connectivity index (χ2v) is 5.85. The zero-order valence-corrected chi connectivity index (χ0v) is 13.6. The number of urea groups is 1. The summed E-state index contributed by atoms with van der Waals surface area (Å²) in [4.78, 5) is 26.6. The topological polar surface area (TPSA) is 65.9 Å². The maximum atomic E-state index is 12.0. The van der Waals surface area contributed by atoms with Crippen LogP contribution in [-0.2, 0) is 4.79 Å². The molecule has 1 fully saturated rings. The average Bonchev–Trinajstić information content (AvgIpc) is 2.54. The maximum Gasteiger partial charge on any atom is 0.321 e. The van der Waals surface area contributed by atoms with Gasteiger partial charge >= 0.3 is 6.03 Å². The summed E-state index contributed by atoms with van der Waals surface area (Å²) in [6.07, 6.45) is 0. The SMILES string of the molecule is CNC(=O)NC(=O)[C@H](C)[NH+]1CCN(c2cccc(Cl)c2)CC1. The minimum absolute atomic E-state index is 0.245. The number of nitrogens with one attached hydrogen (secondary N) is 3. The Morgan fingerprint density at radius 1 is 1.32 bits per heavy atom. The number of hydrogen-bond acceptors (Lipinski definition) is 3. The van der Waals surface area contributed by atoms with E-state index < -0.39 is 6.03 Å². The van der Waals surface area contributed by atoms with Gasteiger partial charge in [-0.25, -0.2) is 4.79 Å². The lowest BCUT2D eigenvalue weighted by atomic mass is 10.2. The number of carbonyl (C=O) groups excluding carboxylic acids is 2. The molecule has 1 aliphatic heterocycles. The zero-order chi connectivity index (χ0) is 16.1. The van der Waals surface area contributed by atoms with Crippen LogP contribution in [0.15, 0.2) is 24.3 Å². The van der Waals surface area contributed by atoms with Crippen molar-refractivity contribution in [1.29, 1.82) is 0 Å². The van der Waals surface area contributed by atoms with Crippen molar-refractivity contribution >= 4 is 29.2 Å². The van der Waals surface area contributed by atoms with E-state index in [1.165, 1.54) is 11.9 Å². The number of benzene rings is 1. The largest absolute Gasteiger partial charge is 0.360 e. The molecule has 6 nitrogen and oxygen atoms in total. The molecule has 0 bridgehead atoms. The first-order valence-corrected chi connectivity index (χ1v) is 7.76. The maximum absolute atomic E-state index is 12.0. The summed E-state index contributed by atoms with van der Waals surface area (Å²) >= 11 is 6.02. The highest BCUT2D eigenvalue weighted by Gasteiger charge is 2.29. The molecular weight excluding hydrogens is 304 g/mol. The smallest absolute Gasteiger partial charge is 0.321 e. The fourth-order valence-corrected chi connectivity index (χ4v) is 2.81. The van der Waals surface area contributed by atoms with Crippen LogP contribution >= 0.6 is 11.6 Å². The second-order valence-electron chi connectivity index (χ2n) is 5.42. The van der Waals surface area contributed by atoms with E-state index in [-0.39, 0.29) is 11.9 Å². The summed E-state index contributed by atoms with van der Waals surface area (Å²) in [5.41, 5.74) is 1.11. The predicted molar refractivity (Wildman–Crippen MR) is 86.4 cm³/mol. The number of amides is 3.